The summed E-state index contributed by atoms with van der Waals surface area (Å²) in [5.74, 6) is 0.921. The summed E-state index contributed by atoms with van der Waals surface area (Å²) in [6, 6.07) is 12.2. The number of aryl methyl sites for hydroxylation is 1. The summed E-state index contributed by atoms with van der Waals surface area (Å²) in [5.41, 5.74) is 11.3. The highest BCUT2D eigenvalue weighted by Crippen LogP contribution is 2.35. The maximum absolute atomic E-state index is 11.4. The molecule has 3 N–H and O–H groups in total. The van der Waals surface area contributed by atoms with Gasteiger partial charge in [0.2, 0.25) is 5.91 Å². The Bertz CT molecular complexity index is 682. The minimum absolute atomic E-state index is 0.0421. The minimum atomic E-state index is 0.0421. The number of anilines is 2. The Morgan fingerprint density at radius 2 is 2.10 bits per heavy atom. The molecule has 0 fully saturated rings. The molecule has 1 aliphatic rings. The Morgan fingerprint density at radius 1 is 1.30 bits per heavy atom. The molecule has 4 heteroatoms. The first kappa shape index (κ1) is 13.1. The van der Waals surface area contributed by atoms with Crippen LogP contribution in [0.1, 0.15) is 16.7 Å². The van der Waals surface area contributed by atoms with Crippen molar-refractivity contribution in [3.63, 3.8) is 0 Å². The SMILES string of the molecule is Cc1ccccc1CSc1cc2c(cc1N)CC(=O)N2. The lowest BCUT2D eigenvalue weighted by Gasteiger charge is -2.09. The van der Waals surface area contributed by atoms with Crippen molar-refractivity contribution in [2.24, 2.45) is 0 Å². The van der Waals surface area contributed by atoms with Crippen LogP contribution < -0.4 is 11.1 Å². The van der Waals surface area contributed by atoms with Gasteiger partial charge >= 0.3 is 0 Å². The molecule has 0 unspecified atom stereocenters. The molecule has 1 aliphatic heterocycles. The van der Waals surface area contributed by atoms with Crippen LogP contribution in [-0.4, -0.2) is 5.91 Å². The third kappa shape index (κ3) is 2.51. The molecular formula is C16H16N2OS. The van der Waals surface area contributed by atoms with E-state index in [9.17, 15) is 4.79 Å². The predicted molar refractivity (Wildman–Crippen MR) is 83.9 cm³/mol. The van der Waals surface area contributed by atoms with Gasteiger partial charge in [-0.15, -0.1) is 11.8 Å². The third-order valence-corrected chi connectivity index (χ3v) is 4.63. The van der Waals surface area contributed by atoms with Crippen molar-refractivity contribution < 1.29 is 4.79 Å². The van der Waals surface area contributed by atoms with E-state index in [1.807, 2.05) is 18.2 Å². The molecule has 0 saturated heterocycles. The van der Waals surface area contributed by atoms with E-state index in [1.54, 1.807) is 11.8 Å². The van der Waals surface area contributed by atoms with E-state index in [-0.39, 0.29) is 5.91 Å². The maximum Gasteiger partial charge on any atom is 0.228 e. The van der Waals surface area contributed by atoms with Gasteiger partial charge in [0.1, 0.15) is 0 Å². The number of nitrogens with two attached hydrogens (primary N) is 1. The smallest absolute Gasteiger partial charge is 0.228 e. The second kappa shape index (κ2) is 5.21. The number of hydrogen-bond acceptors (Lipinski definition) is 3. The monoisotopic (exact) mass is 284 g/mol. The number of carbonyl (C=O) groups excluding carboxylic acids is 1. The van der Waals surface area contributed by atoms with Crippen molar-refractivity contribution in [3.8, 4) is 0 Å². The van der Waals surface area contributed by atoms with Gasteiger partial charge < -0.3 is 11.1 Å². The van der Waals surface area contributed by atoms with Gasteiger partial charge in [-0.25, -0.2) is 0 Å². The zero-order chi connectivity index (χ0) is 14.1. The van der Waals surface area contributed by atoms with Gasteiger partial charge in [0, 0.05) is 22.0 Å². The van der Waals surface area contributed by atoms with Crippen LogP contribution in [0.2, 0.25) is 0 Å². The summed E-state index contributed by atoms with van der Waals surface area (Å²) in [5, 5.41) is 2.87. The molecule has 0 spiro atoms. The van der Waals surface area contributed by atoms with Crippen LogP contribution in [0.4, 0.5) is 11.4 Å². The van der Waals surface area contributed by atoms with Crippen LogP contribution in [0.5, 0.6) is 0 Å². The van der Waals surface area contributed by atoms with E-state index < -0.39 is 0 Å². The van der Waals surface area contributed by atoms with E-state index in [2.05, 4.69) is 30.4 Å². The number of benzene rings is 2. The summed E-state index contributed by atoms with van der Waals surface area (Å²) in [7, 11) is 0. The molecule has 0 bridgehead atoms. The van der Waals surface area contributed by atoms with Crippen molar-refractivity contribution in [1.29, 1.82) is 0 Å². The Hall–Kier alpha value is -1.94. The largest absolute Gasteiger partial charge is 0.398 e. The Kier molecular flexibility index (Phi) is 3.40. The number of thioether (sulfide) groups is 1. The van der Waals surface area contributed by atoms with Gasteiger partial charge in [-0.05, 0) is 35.7 Å². The summed E-state index contributed by atoms with van der Waals surface area (Å²) in [6.07, 6.45) is 0.433. The highest BCUT2D eigenvalue weighted by Gasteiger charge is 2.19. The normalized spacial score (nSPS) is 13.2. The minimum Gasteiger partial charge on any atom is -0.398 e. The molecule has 2 aromatic carbocycles. The van der Waals surface area contributed by atoms with Crippen LogP contribution in [-0.2, 0) is 17.0 Å². The van der Waals surface area contributed by atoms with Crippen molar-refractivity contribution >= 4 is 29.0 Å². The molecule has 2 aromatic rings. The third-order valence-electron chi connectivity index (χ3n) is 3.51. The van der Waals surface area contributed by atoms with Gasteiger partial charge in [-0.3, -0.25) is 4.79 Å². The highest BCUT2D eigenvalue weighted by atomic mass is 32.2. The molecular weight excluding hydrogens is 268 g/mol. The summed E-state index contributed by atoms with van der Waals surface area (Å²) in [4.78, 5) is 12.4. The van der Waals surface area contributed by atoms with Crippen molar-refractivity contribution in [3.05, 3.63) is 53.1 Å². The Morgan fingerprint density at radius 3 is 2.90 bits per heavy atom. The first-order valence-electron chi connectivity index (χ1n) is 6.53. The first-order chi connectivity index (χ1) is 9.63. The lowest BCUT2D eigenvalue weighted by atomic mass is 10.1. The fourth-order valence-corrected chi connectivity index (χ4v) is 3.39. The Labute approximate surface area is 122 Å². The zero-order valence-corrected chi connectivity index (χ0v) is 12.1. The summed E-state index contributed by atoms with van der Waals surface area (Å²) in [6.45, 7) is 2.11. The van der Waals surface area contributed by atoms with E-state index >= 15 is 0 Å². The van der Waals surface area contributed by atoms with Gasteiger partial charge in [-0.2, -0.15) is 0 Å². The summed E-state index contributed by atoms with van der Waals surface area (Å²) < 4.78 is 0. The number of amides is 1. The fraction of sp³-hybridized carbons (Fsp3) is 0.188. The maximum atomic E-state index is 11.4. The van der Waals surface area contributed by atoms with Crippen molar-refractivity contribution in [2.75, 3.05) is 11.1 Å². The lowest BCUT2D eigenvalue weighted by molar-refractivity contribution is -0.115. The second-order valence-electron chi connectivity index (χ2n) is 4.99. The molecule has 0 radical (unpaired) electrons. The molecule has 0 aliphatic carbocycles. The van der Waals surface area contributed by atoms with Crippen LogP contribution in [0, 0.1) is 6.92 Å². The zero-order valence-electron chi connectivity index (χ0n) is 11.3. The summed E-state index contributed by atoms with van der Waals surface area (Å²) >= 11 is 1.71. The Balaban J connectivity index is 1.80. The quantitative estimate of drug-likeness (QED) is 0.671. The number of hydrogen-bond donors (Lipinski definition) is 2. The number of nitrogens with one attached hydrogen (secondary N) is 1. The molecule has 0 atom stereocenters. The predicted octanol–water partition coefficient (Wildman–Crippen LogP) is 3.36. The van der Waals surface area contributed by atoms with Crippen LogP contribution in [0.3, 0.4) is 0 Å². The van der Waals surface area contributed by atoms with Gasteiger partial charge in [-0.1, -0.05) is 24.3 Å². The van der Waals surface area contributed by atoms with E-state index in [0.717, 1.165) is 27.6 Å². The molecule has 0 aromatic heterocycles. The van der Waals surface area contributed by atoms with E-state index in [4.69, 9.17) is 5.73 Å². The number of fused-ring (bicyclic) bond motifs is 1. The van der Waals surface area contributed by atoms with Crippen LogP contribution in [0.25, 0.3) is 0 Å². The van der Waals surface area contributed by atoms with Crippen molar-refractivity contribution in [1.82, 2.24) is 0 Å². The highest BCUT2D eigenvalue weighted by molar-refractivity contribution is 7.98. The van der Waals surface area contributed by atoms with Gasteiger partial charge in [0.15, 0.2) is 0 Å². The molecule has 102 valence electrons. The van der Waals surface area contributed by atoms with E-state index in [1.165, 1.54) is 11.1 Å². The number of rotatable bonds is 3. The molecule has 3 rings (SSSR count). The standard InChI is InChI=1S/C16H16N2OS/c1-10-4-2-3-5-11(10)9-20-15-8-14-12(6-13(15)17)7-16(19)18-14/h2-6,8H,7,9,17H2,1H3,(H,18,19). The van der Waals surface area contributed by atoms with Gasteiger partial charge in [0.05, 0.1) is 6.42 Å². The number of nitrogen functional groups attached to an aromatic ring is 1. The van der Waals surface area contributed by atoms with Gasteiger partial charge in [0.25, 0.3) is 0 Å². The van der Waals surface area contributed by atoms with Crippen molar-refractivity contribution in [2.45, 2.75) is 24.0 Å². The molecule has 1 heterocycles. The van der Waals surface area contributed by atoms with Crippen LogP contribution in [0.15, 0.2) is 41.3 Å². The topological polar surface area (TPSA) is 55.1 Å². The fourth-order valence-electron chi connectivity index (χ4n) is 2.33. The number of carbonyl (C=O) groups is 1. The average molecular weight is 284 g/mol. The molecule has 1 amide bonds. The van der Waals surface area contributed by atoms with Crippen LogP contribution >= 0.6 is 11.8 Å². The molecule has 3 nitrogen and oxygen atoms in total. The first-order valence-corrected chi connectivity index (χ1v) is 7.51. The lowest BCUT2D eigenvalue weighted by Crippen LogP contribution is -2.03. The average Bonchev–Trinajstić information content (AvgIpc) is 2.76. The van der Waals surface area contributed by atoms with E-state index in [0.29, 0.717) is 6.42 Å². The molecule has 0 saturated carbocycles. The second-order valence-corrected chi connectivity index (χ2v) is 6.00. The molecule has 20 heavy (non-hydrogen) atoms.